The Balaban J connectivity index is 1.85. The van der Waals surface area contributed by atoms with Gasteiger partial charge >= 0.3 is 5.97 Å². The average Bonchev–Trinajstić information content (AvgIpc) is 2.92. The third kappa shape index (κ3) is 3.66. The Morgan fingerprint density at radius 2 is 1.68 bits per heavy atom. The number of rotatable bonds is 7. The number of carbonyl (C=O) groups is 3. The highest BCUT2D eigenvalue weighted by Crippen LogP contribution is 2.37. The minimum Gasteiger partial charge on any atom is -0.490 e. The van der Waals surface area contributed by atoms with Crippen LogP contribution in [0.3, 0.4) is 0 Å². The van der Waals surface area contributed by atoms with Crippen LogP contribution in [-0.2, 0) is 4.84 Å². The van der Waals surface area contributed by atoms with Crippen LogP contribution in [0.25, 0.3) is 0 Å². The van der Waals surface area contributed by atoms with E-state index in [-0.39, 0.29) is 27.5 Å². The number of imide groups is 1. The highest BCUT2D eigenvalue weighted by atomic mass is 35.5. The van der Waals surface area contributed by atoms with Crippen LogP contribution in [-0.4, -0.2) is 36.1 Å². The van der Waals surface area contributed by atoms with E-state index >= 15 is 0 Å². The first-order valence-corrected chi connectivity index (χ1v) is 9.15. The molecule has 2 aromatic rings. The largest absolute Gasteiger partial charge is 0.490 e. The van der Waals surface area contributed by atoms with Gasteiger partial charge in [-0.25, -0.2) is 4.79 Å². The topological polar surface area (TPSA) is 82.1 Å². The van der Waals surface area contributed by atoms with Crippen molar-refractivity contribution < 1.29 is 28.7 Å². The van der Waals surface area contributed by atoms with Gasteiger partial charge < -0.3 is 14.3 Å². The lowest BCUT2D eigenvalue weighted by atomic mass is 10.1. The van der Waals surface area contributed by atoms with Crippen molar-refractivity contribution in [3.05, 3.63) is 58.1 Å². The van der Waals surface area contributed by atoms with Crippen LogP contribution in [0.2, 0.25) is 5.02 Å². The van der Waals surface area contributed by atoms with Gasteiger partial charge in [-0.3, -0.25) is 9.59 Å². The Bertz CT molecular complexity index is 907. The molecule has 0 saturated carbocycles. The number of hydrogen-bond acceptors (Lipinski definition) is 6. The van der Waals surface area contributed by atoms with Crippen LogP contribution in [0.4, 0.5) is 0 Å². The number of carbonyl (C=O) groups excluding carboxylic acids is 3. The number of nitrogens with zero attached hydrogens (tertiary/aromatic N) is 1. The number of ether oxygens (including phenoxy) is 2. The highest BCUT2D eigenvalue weighted by Gasteiger charge is 2.39. The van der Waals surface area contributed by atoms with E-state index in [0.717, 1.165) is 6.42 Å². The molecule has 0 aliphatic carbocycles. The summed E-state index contributed by atoms with van der Waals surface area (Å²) >= 11 is 6.24. The smallest absolute Gasteiger partial charge is 0.364 e. The van der Waals surface area contributed by atoms with Gasteiger partial charge in [-0.15, -0.1) is 0 Å². The summed E-state index contributed by atoms with van der Waals surface area (Å²) in [5.41, 5.74) is 0.377. The van der Waals surface area contributed by atoms with E-state index in [9.17, 15) is 14.4 Å². The monoisotopic (exact) mass is 403 g/mol. The molecule has 2 aromatic carbocycles. The summed E-state index contributed by atoms with van der Waals surface area (Å²) in [7, 11) is 0. The second kappa shape index (κ2) is 8.31. The first-order chi connectivity index (χ1) is 13.5. The molecule has 0 spiro atoms. The van der Waals surface area contributed by atoms with Gasteiger partial charge in [-0.2, -0.15) is 0 Å². The minimum atomic E-state index is -0.917. The normalized spacial score (nSPS) is 12.8. The molecule has 8 heteroatoms. The third-order valence-corrected chi connectivity index (χ3v) is 4.21. The average molecular weight is 404 g/mol. The van der Waals surface area contributed by atoms with E-state index in [2.05, 4.69) is 0 Å². The molecular formula is C20H18ClNO6. The fraction of sp³-hybridized carbons (Fsp3) is 0.250. The molecule has 0 N–H and O–H groups in total. The number of fused-ring (bicyclic) bond motifs is 1. The fourth-order valence-electron chi connectivity index (χ4n) is 2.68. The molecule has 3 rings (SSSR count). The van der Waals surface area contributed by atoms with Crippen LogP contribution in [0.1, 0.15) is 51.3 Å². The standard InChI is InChI=1S/C20H18ClNO6/c1-3-9-27-17-15(21)10-12(11-16(17)26-4-2)20(25)28-22-18(23)13-7-5-6-8-14(13)19(22)24/h5-8,10-11H,3-4,9H2,1-2H3. The Kier molecular flexibility index (Phi) is 5.84. The molecule has 28 heavy (non-hydrogen) atoms. The maximum atomic E-state index is 12.6. The zero-order valence-corrected chi connectivity index (χ0v) is 16.1. The first-order valence-electron chi connectivity index (χ1n) is 8.77. The van der Waals surface area contributed by atoms with Crippen molar-refractivity contribution in [2.75, 3.05) is 13.2 Å². The number of amides is 2. The third-order valence-electron chi connectivity index (χ3n) is 3.93. The summed E-state index contributed by atoms with van der Waals surface area (Å²) in [6.07, 6.45) is 0.769. The summed E-state index contributed by atoms with van der Waals surface area (Å²) in [4.78, 5) is 42.3. The fourth-order valence-corrected chi connectivity index (χ4v) is 2.94. The molecule has 0 radical (unpaired) electrons. The van der Waals surface area contributed by atoms with Crippen molar-refractivity contribution in [2.24, 2.45) is 0 Å². The van der Waals surface area contributed by atoms with E-state index in [1.54, 1.807) is 19.1 Å². The molecule has 0 fully saturated rings. The molecule has 146 valence electrons. The summed E-state index contributed by atoms with van der Waals surface area (Å²) in [5.74, 6) is -1.72. The van der Waals surface area contributed by atoms with Crippen LogP contribution in [0.5, 0.6) is 11.5 Å². The molecule has 0 aromatic heterocycles. The SMILES string of the molecule is CCCOc1c(Cl)cc(C(=O)ON2C(=O)c3ccccc3C2=O)cc1OCC. The zero-order chi connectivity index (χ0) is 20.3. The van der Waals surface area contributed by atoms with Gasteiger partial charge in [0, 0.05) is 0 Å². The molecule has 1 aliphatic heterocycles. The molecule has 0 unspecified atom stereocenters. The quantitative estimate of drug-likeness (QED) is 0.652. The lowest BCUT2D eigenvalue weighted by molar-refractivity contribution is -0.0584. The van der Waals surface area contributed by atoms with Crippen molar-refractivity contribution in [1.82, 2.24) is 5.06 Å². The number of benzene rings is 2. The van der Waals surface area contributed by atoms with Gasteiger partial charge in [0.05, 0.1) is 34.9 Å². The number of hydrogen-bond donors (Lipinski definition) is 0. The van der Waals surface area contributed by atoms with Gasteiger partial charge in [-0.1, -0.05) is 35.7 Å². The molecule has 7 nitrogen and oxygen atoms in total. The van der Waals surface area contributed by atoms with Crippen molar-refractivity contribution in [3.63, 3.8) is 0 Å². The van der Waals surface area contributed by atoms with Crippen molar-refractivity contribution in [2.45, 2.75) is 20.3 Å². The maximum absolute atomic E-state index is 12.6. The van der Waals surface area contributed by atoms with E-state index in [1.165, 1.54) is 24.3 Å². The summed E-state index contributed by atoms with van der Waals surface area (Å²) in [6.45, 7) is 4.48. The van der Waals surface area contributed by atoms with E-state index in [4.69, 9.17) is 25.9 Å². The zero-order valence-electron chi connectivity index (χ0n) is 15.4. The van der Waals surface area contributed by atoms with Gasteiger partial charge in [0.25, 0.3) is 11.8 Å². The molecule has 0 bridgehead atoms. The van der Waals surface area contributed by atoms with Crippen molar-refractivity contribution in [1.29, 1.82) is 0 Å². The van der Waals surface area contributed by atoms with Crippen LogP contribution in [0.15, 0.2) is 36.4 Å². The Hall–Kier alpha value is -3.06. The predicted molar refractivity (Wildman–Crippen MR) is 101 cm³/mol. The van der Waals surface area contributed by atoms with E-state index < -0.39 is 17.8 Å². The predicted octanol–water partition coefficient (Wildman–Crippen LogP) is 3.90. The molecule has 1 heterocycles. The Morgan fingerprint density at radius 3 is 2.25 bits per heavy atom. The summed E-state index contributed by atoms with van der Waals surface area (Å²) in [5, 5.41) is 0.608. The van der Waals surface area contributed by atoms with Gasteiger partial charge in [-0.05, 0) is 37.6 Å². The first kappa shape index (κ1) is 19.7. The second-order valence-corrected chi connectivity index (χ2v) is 6.30. The molecule has 0 saturated heterocycles. The molecule has 0 atom stereocenters. The highest BCUT2D eigenvalue weighted by molar-refractivity contribution is 6.32. The van der Waals surface area contributed by atoms with E-state index in [1.807, 2.05) is 6.92 Å². The van der Waals surface area contributed by atoms with E-state index in [0.29, 0.717) is 24.0 Å². The minimum absolute atomic E-state index is 0.0221. The number of halogens is 1. The lowest BCUT2D eigenvalue weighted by Gasteiger charge is -2.16. The van der Waals surface area contributed by atoms with Crippen LogP contribution in [0, 0.1) is 0 Å². The molecule has 1 aliphatic rings. The number of hydroxylamine groups is 2. The maximum Gasteiger partial charge on any atom is 0.364 e. The Morgan fingerprint density at radius 1 is 1.04 bits per heavy atom. The van der Waals surface area contributed by atoms with Crippen molar-refractivity contribution in [3.8, 4) is 11.5 Å². The van der Waals surface area contributed by atoms with Gasteiger partial charge in [0.1, 0.15) is 0 Å². The Labute approximate surface area is 166 Å². The second-order valence-electron chi connectivity index (χ2n) is 5.90. The van der Waals surface area contributed by atoms with Crippen LogP contribution >= 0.6 is 11.6 Å². The van der Waals surface area contributed by atoms with Crippen molar-refractivity contribution >= 4 is 29.4 Å². The molecular weight excluding hydrogens is 386 g/mol. The summed E-state index contributed by atoms with van der Waals surface area (Å²) in [6, 6.07) is 8.98. The van der Waals surface area contributed by atoms with Gasteiger partial charge in [0.15, 0.2) is 11.5 Å². The lowest BCUT2D eigenvalue weighted by Crippen LogP contribution is -2.32. The molecule has 2 amide bonds. The van der Waals surface area contributed by atoms with Gasteiger partial charge in [0.2, 0.25) is 0 Å². The van der Waals surface area contributed by atoms with Crippen LogP contribution < -0.4 is 9.47 Å². The summed E-state index contributed by atoms with van der Waals surface area (Å²) < 4.78 is 11.1.